The molecule has 0 aliphatic carbocycles. The molecule has 3 rings (SSSR count). The molecule has 2 amide bonds. The van der Waals surface area contributed by atoms with Gasteiger partial charge >= 0.3 is 6.18 Å². The standard InChI is InChI=1S/C19H19ClF3N3O3/c1-12-2-5-16(29-12)18(28)26-8-6-25(7-9-26)11-17(27)24-15-10-13(19(21,22)23)3-4-14(15)20/h2-5,10H,6-9,11H2,1H3,(H,24,27). The third-order valence-corrected chi connectivity index (χ3v) is 4.88. The summed E-state index contributed by atoms with van der Waals surface area (Å²) in [5, 5.41) is 2.45. The highest BCUT2D eigenvalue weighted by Gasteiger charge is 2.31. The molecule has 156 valence electrons. The summed E-state index contributed by atoms with van der Waals surface area (Å²) in [4.78, 5) is 28.1. The zero-order valence-electron chi connectivity index (χ0n) is 15.6. The van der Waals surface area contributed by atoms with Gasteiger partial charge < -0.3 is 14.6 Å². The predicted molar refractivity (Wildman–Crippen MR) is 101 cm³/mol. The Balaban J connectivity index is 1.53. The van der Waals surface area contributed by atoms with Crippen molar-refractivity contribution in [2.24, 2.45) is 0 Å². The number of piperazine rings is 1. The molecule has 29 heavy (non-hydrogen) atoms. The van der Waals surface area contributed by atoms with E-state index in [4.69, 9.17) is 16.0 Å². The predicted octanol–water partition coefficient (Wildman–Crippen LogP) is 3.66. The number of hydrogen-bond donors (Lipinski definition) is 1. The Morgan fingerprint density at radius 2 is 1.83 bits per heavy atom. The van der Waals surface area contributed by atoms with Gasteiger partial charge in [-0.05, 0) is 37.3 Å². The normalized spacial score (nSPS) is 15.4. The average Bonchev–Trinajstić information content (AvgIpc) is 3.09. The van der Waals surface area contributed by atoms with Gasteiger partial charge in [-0.3, -0.25) is 14.5 Å². The SMILES string of the molecule is Cc1ccc(C(=O)N2CCN(CC(=O)Nc3cc(C(F)(F)F)ccc3Cl)CC2)o1. The number of amides is 2. The van der Waals surface area contributed by atoms with Crippen molar-refractivity contribution in [1.29, 1.82) is 0 Å². The Bertz CT molecular complexity index is 906. The van der Waals surface area contributed by atoms with Crippen LogP contribution >= 0.6 is 11.6 Å². The maximum atomic E-state index is 12.8. The lowest BCUT2D eigenvalue weighted by molar-refractivity contribution is -0.137. The third kappa shape index (κ3) is 5.30. The minimum Gasteiger partial charge on any atom is -0.456 e. The molecular weight excluding hydrogens is 411 g/mol. The van der Waals surface area contributed by atoms with E-state index in [2.05, 4.69) is 5.32 Å². The van der Waals surface area contributed by atoms with Crippen LogP contribution in [0.3, 0.4) is 0 Å². The zero-order valence-corrected chi connectivity index (χ0v) is 16.3. The summed E-state index contributed by atoms with van der Waals surface area (Å²) in [5.41, 5.74) is -0.981. The second-order valence-corrected chi connectivity index (χ2v) is 7.13. The third-order valence-electron chi connectivity index (χ3n) is 4.55. The number of nitrogens with one attached hydrogen (secondary N) is 1. The van der Waals surface area contributed by atoms with Crippen molar-refractivity contribution in [3.05, 3.63) is 52.4 Å². The molecule has 2 heterocycles. The molecule has 0 spiro atoms. The van der Waals surface area contributed by atoms with Crippen LogP contribution in [-0.4, -0.2) is 54.3 Å². The van der Waals surface area contributed by atoms with Crippen molar-refractivity contribution in [2.45, 2.75) is 13.1 Å². The number of carbonyl (C=O) groups excluding carboxylic acids is 2. The Morgan fingerprint density at radius 3 is 2.41 bits per heavy atom. The van der Waals surface area contributed by atoms with E-state index in [0.29, 0.717) is 31.9 Å². The van der Waals surface area contributed by atoms with Crippen molar-refractivity contribution >= 4 is 29.1 Å². The highest BCUT2D eigenvalue weighted by atomic mass is 35.5. The van der Waals surface area contributed by atoms with Gasteiger partial charge in [0.05, 0.1) is 22.8 Å². The van der Waals surface area contributed by atoms with Gasteiger partial charge in [0, 0.05) is 26.2 Å². The lowest BCUT2D eigenvalue weighted by Gasteiger charge is -2.33. The number of anilines is 1. The molecule has 1 aromatic heterocycles. The van der Waals surface area contributed by atoms with E-state index in [0.717, 1.165) is 18.2 Å². The summed E-state index contributed by atoms with van der Waals surface area (Å²) in [6, 6.07) is 6.10. The summed E-state index contributed by atoms with van der Waals surface area (Å²) in [5.74, 6) is 0.232. The zero-order chi connectivity index (χ0) is 21.2. The summed E-state index contributed by atoms with van der Waals surface area (Å²) in [6.45, 7) is 3.47. The minimum atomic E-state index is -4.53. The summed E-state index contributed by atoms with van der Waals surface area (Å²) in [7, 11) is 0. The fourth-order valence-electron chi connectivity index (χ4n) is 3.00. The maximum Gasteiger partial charge on any atom is 0.416 e. The molecule has 0 atom stereocenters. The number of aryl methyl sites for hydroxylation is 1. The largest absolute Gasteiger partial charge is 0.456 e. The number of alkyl halides is 3. The molecule has 0 saturated carbocycles. The maximum absolute atomic E-state index is 12.8. The highest BCUT2D eigenvalue weighted by molar-refractivity contribution is 6.33. The van der Waals surface area contributed by atoms with Crippen molar-refractivity contribution in [2.75, 3.05) is 38.0 Å². The number of halogens is 4. The first-order valence-corrected chi connectivity index (χ1v) is 9.26. The Hall–Kier alpha value is -2.52. The molecule has 10 heteroatoms. The first kappa shape index (κ1) is 21.2. The Kier molecular flexibility index (Phi) is 6.18. The van der Waals surface area contributed by atoms with Crippen LogP contribution in [0, 0.1) is 6.92 Å². The van der Waals surface area contributed by atoms with E-state index in [1.807, 2.05) is 4.90 Å². The van der Waals surface area contributed by atoms with Gasteiger partial charge in [0.2, 0.25) is 5.91 Å². The summed E-state index contributed by atoms with van der Waals surface area (Å²) >= 11 is 5.90. The van der Waals surface area contributed by atoms with Crippen LogP contribution in [-0.2, 0) is 11.0 Å². The van der Waals surface area contributed by atoms with Gasteiger partial charge in [-0.2, -0.15) is 13.2 Å². The Morgan fingerprint density at radius 1 is 1.14 bits per heavy atom. The number of hydrogen-bond acceptors (Lipinski definition) is 4. The molecule has 2 aromatic rings. The molecule has 1 N–H and O–H groups in total. The van der Waals surface area contributed by atoms with Gasteiger partial charge in [0.1, 0.15) is 5.76 Å². The number of benzene rings is 1. The minimum absolute atomic E-state index is 0.0194. The van der Waals surface area contributed by atoms with Gasteiger partial charge in [-0.25, -0.2) is 0 Å². The number of nitrogens with zero attached hydrogens (tertiary/aromatic N) is 2. The van der Waals surface area contributed by atoms with E-state index in [1.54, 1.807) is 24.0 Å². The topological polar surface area (TPSA) is 65.8 Å². The van der Waals surface area contributed by atoms with E-state index < -0.39 is 17.6 Å². The van der Waals surface area contributed by atoms with Crippen LogP contribution in [0.15, 0.2) is 34.7 Å². The lowest BCUT2D eigenvalue weighted by atomic mass is 10.2. The van der Waals surface area contributed by atoms with Crippen LogP contribution < -0.4 is 5.32 Å². The smallest absolute Gasteiger partial charge is 0.416 e. The molecule has 1 aromatic carbocycles. The van der Waals surface area contributed by atoms with E-state index in [-0.39, 0.29) is 28.9 Å². The van der Waals surface area contributed by atoms with Gasteiger partial charge in [0.25, 0.3) is 5.91 Å². The lowest BCUT2D eigenvalue weighted by Crippen LogP contribution is -2.50. The molecule has 0 bridgehead atoms. The van der Waals surface area contributed by atoms with Gasteiger partial charge in [-0.15, -0.1) is 0 Å². The van der Waals surface area contributed by atoms with Crippen LogP contribution in [0.5, 0.6) is 0 Å². The van der Waals surface area contributed by atoms with Gasteiger partial charge in [-0.1, -0.05) is 11.6 Å². The van der Waals surface area contributed by atoms with Crippen LogP contribution in [0.1, 0.15) is 21.9 Å². The van der Waals surface area contributed by atoms with Crippen LogP contribution in [0.4, 0.5) is 18.9 Å². The second kappa shape index (κ2) is 8.46. The fraction of sp³-hybridized carbons (Fsp3) is 0.368. The van der Waals surface area contributed by atoms with Crippen molar-refractivity contribution in [3.8, 4) is 0 Å². The number of furan rings is 1. The first-order valence-electron chi connectivity index (χ1n) is 8.88. The monoisotopic (exact) mass is 429 g/mol. The number of carbonyl (C=O) groups is 2. The molecule has 1 aliphatic heterocycles. The van der Waals surface area contributed by atoms with Crippen molar-refractivity contribution in [1.82, 2.24) is 9.80 Å². The summed E-state index contributed by atoms with van der Waals surface area (Å²) < 4.78 is 43.8. The van der Waals surface area contributed by atoms with Crippen LogP contribution in [0.25, 0.3) is 0 Å². The van der Waals surface area contributed by atoms with E-state index >= 15 is 0 Å². The highest BCUT2D eigenvalue weighted by Crippen LogP contribution is 2.33. The van der Waals surface area contributed by atoms with E-state index in [9.17, 15) is 22.8 Å². The van der Waals surface area contributed by atoms with E-state index in [1.165, 1.54) is 0 Å². The van der Waals surface area contributed by atoms with Crippen molar-refractivity contribution < 1.29 is 27.2 Å². The van der Waals surface area contributed by atoms with Crippen LogP contribution in [0.2, 0.25) is 5.02 Å². The molecular formula is C19H19ClF3N3O3. The van der Waals surface area contributed by atoms with Gasteiger partial charge in [0.15, 0.2) is 5.76 Å². The number of rotatable bonds is 4. The molecule has 1 saturated heterocycles. The molecule has 0 radical (unpaired) electrons. The fourth-order valence-corrected chi connectivity index (χ4v) is 3.17. The molecule has 1 aliphatic rings. The average molecular weight is 430 g/mol. The first-order chi connectivity index (χ1) is 13.6. The van der Waals surface area contributed by atoms with Crippen molar-refractivity contribution in [3.63, 3.8) is 0 Å². The second-order valence-electron chi connectivity index (χ2n) is 6.72. The summed E-state index contributed by atoms with van der Waals surface area (Å²) in [6.07, 6.45) is -4.53. The molecule has 1 fully saturated rings. The molecule has 6 nitrogen and oxygen atoms in total. The Labute approximate surface area is 170 Å². The molecule has 0 unspecified atom stereocenters. The quantitative estimate of drug-likeness (QED) is 0.805.